The average molecular weight is 469 g/mol. The minimum Gasteiger partial charge on any atom is -0.380 e. The topological polar surface area (TPSA) is 122 Å². The highest BCUT2D eigenvalue weighted by atomic mass is 16.3. The molecular weight excluding hydrogens is 436 g/mol. The molecule has 0 spiro atoms. The number of hydrogen-bond acceptors (Lipinski definition) is 6. The van der Waals surface area contributed by atoms with E-state index in [1.54, 1.807) is 6.92 Å². The highest BCUT2D eigenvalue weighted by Crippen LogP contribution is 2.16. The molecule has 2 aromatic carbocycles. The van der Waals surface area contributed by atoms with E-state index in [2.05, 4.69) is 15.5 Å². The van der Waals surface area contributed by atoms with E-state index < -0.39 is 24.0 Å². The Morgan fingerprint density at radius 1 is 0.794 bits per heavy atom. The number of para-hydroxylation sites is 1. The lowest BCUT2D eigenvalue weighted by atomic mass is 10.0. The molecule has 0 aromatic heterocycles. The highest BCUT2D eigenvalue weighted by Gasteiger charge is 2.34. The minimum absolute atomic E-state index is 0.0554. The molecule has 1 saturated heterocycles. The Kier molecular flexibility index (Phi) is 9.00. The van der Waals surface area contributed by atoms with Crippen LogP contribution in [0.15, 0.2) is 60.7 Å². The van der Waals surface area contributed by atoms with Crippen molar-refractivity contribution in [1.82, 2.24) is 15.5 Å². The number of aliphatic hydroxyl groups excluding tert-OH is 2. The van der Waals surface area contributed by atoms with Gasteiger partial charge in [0.15, 0.2) is 12.2 Å². The molecule has 2 aromatic rings. The summed E-state index contributed by atoms with van der Waals surface area (Å²) in [6.07, 6.45) is -3.74. The number of anilines is 1. The third-order valence-electron chi connectivity index (χ3n) is 5.95. The second kappa shape index (κ2) is 12.2. The Labute approximate surface area is 199 Å². The summed E-state index contributed by atoms with van der Waals surface area (Å²) in [4.78, 5) is 40.6. The molecule has 0 bridgehead atoms. The third kappa shape index (κ3) is 6.55. The van der Waals surface area contributed by atoms with E-state index in [0.29, 0.717) is 26.2 Å². The predicted octanol–water partition coefficient (Wildman–Crippen LogP) is 0.0931. The van der Waals surface area contributed by atoms with Gasteiger partial charge in [0.25, 0.3) is 11.8 Å². The van der Waals surface area contributed by atoms with Crippen LogP contribution in [0.2, 0.25) is 0 Å². The number of hydrogen-bond donors (Lipinski definition) is 4. The van der Waals surface area contributed by atoms with Crippen LogP contribution >= 0.6 is 0 Å². The summed E-state index contributed by atoms with van der Waals surface area (Å²) >= 11 is 0. The summed E-state index contributed by atoms with van der Waals surface area (Å²) in [7, 11) is 0. The van der Waals surface area contributed by atoms with Crippen LogP contribution in [0.1, 0.15) is 18.4 Å². The zero-order valence-electron chi connectivity index (χ0n) is 19.3. The first-order valence-corrected chi connectivity index (χ1v) is 11.4. The fourth-order valence-corrected chi connectivity index (χ4v) is 3.81. The maximum absolute atomic E-state index is 12.6. The summed E-state index contributed by atoms with van der Waals surface area (Å²) < 4.78 is 0. The molecule has 1 heterocycles. The number of benzene rings is 2. The monoisotopic (exact) mass is 468 g/mol. The largest absolute Gasteiger partial charge is 0.380 e. The quantitative estimate of drug-likeness (QED) is 0.387. The minimum atomic E-state index is -1.89. The molecule has 3 atom stereocenters. The maximum Gasteiger partial charge on any atom is 0.254 e. The van der Waals surface area contributed by atoms with E-state index in [9.17, 15) is 24.6 Å². The van der Waals surface area contributed by atoms with Crippen molar-refractivity contribution in [1.29, 1.82) is 0 Å². The number of nitrogens with zero attached hydrogens (tertiary/aromatic N) is 2. The second-order valence-electron chi connectivity index (χ2n) is 8.25. The first kappa shape index (κ1) is 25.2. The molecule has 34 heavy (non-hydrogen) atoms. The molecule has 1 aliphatic heterocycles. The SMILES string of the molecule is CC(C(=O)NCCNC(=O)[C@H](O)[C@@H](O)C(=O)N1CCN(c2ccccc2)CC1)c1ccccc1. The smallest absolute Gasteiger partial charge is 0.254 e. The fraction of sp³-hybridized carbons (Fsp3) is 0.400. The summed E-state index contributed by atoms with van der Waals surface area (Å²) in [6, 6.07) is 19.1. The molecule has 0 aliphatic carbocycles. The Morgan fingerprint density at radius 3 is 1.91 bits per heavy atom. The summed E-state index contributed by atoms with van der Waals surface area (Å²) in [5.74, 6) is -2.08. The van der Waals surface area contributed by atoms with Crippen LogP contribution in [0.25, 0.3) is 0 Å². The van der Waals surface area contributed by atoms with Gasteiger partial charge in [-0.25, -0.2) is 0 Å². The van der Waals surface area contributed by atoms with Gasteiger partial charge in [0.05, 0.1) is 5.92 Å². The highest BCUT2D eigenvalue weighted by molar-refractivity contribution is 5.91. The van der Waals surface area contributed by atoms with Crippen molar-refractivity contribution in [3.63, 3.8) is 0 Å². The van der Waals surface area contributed by atoms with E-state index >= 15 is 0 Å². The van der Waals surface area contributed by atoms with Crippen LogP contribution < -0.4 is 15.5 Å². The van der Waals surface area contributed by atoms with Crippen LogP contribution in [-0.2, 0) is 14.4 Å². The van der Waals surface area contributed by atoms with E-state index in [4.69, 9.17) is 0 Å². The fourth-order valence-electron chi connectivity index (χ4n) is 3.81. The van der Waals surface area contributed by atoms with Crippen molar-refractivity contribution in [2.75, 3.05) is 44.2 Å². The molecule has 0 saturated carbocycles. The predicted molar refractivity (Wildman–Crippen MR) is 128 cm³/mol. The number of nitrogens with one attached hydrogen (secondary N) is 2. The number of rotatable bonds is 9. The number of carbonyl (C=O) groups is 3. The number of carbonyl (C=O) groups excluding carboxylic acids is 3. The van der Waals surface area contributed by atoms with Crippen LogP contribution in [-0.4, -0.2) is 84.3 Å². The van der Waals surface area contributed by atoms with Gasteiger partial charge < -0.3 is 30.6 Å². The van der Waals surface area contributed by atoms with Gasteiger partial charge in [-0.2, -0.15) is 0 Å². The Hall–Kier alpha value is -3.43. The molecule has 182 valence electrons. The van der Waals surface area contributed by atoms with E-state index in [1.807, 2.05) is 60.7 Å². The number of piperazine rings is 1. The first-order chi connectivity index (χ1) is 16.4. The van der Waals surface area contributed by atoms with Gasteiger partial charge in [0.1, 0.15) is 0 Å². The standard InChI is InChI=1S/C25H32N4O5/c1-18(19-8-4-2-5-9-19)23(32)26-12-13-27-24(33)21(30)22(31)25(34)29-16-14-28(15-17-29)20-10-6-3-7-11-20/h2-11,18,21-22,30-31H,12-17H2,1H3,(H,26,32)(H,27,33)/t18?,21-,22-/m1/s1. The van der Waals surface area contributed by atoms with Gasteiger partial charge in [-0.3, -0.25) is 14.4 Å². The summed E-state index contributed by atoms with van der Waals surface area (Å²) in [5.41, 5.74) is 1.94. The maximum atomic E-state index is 12.6. The van der Waals surface area contributed by atoms with Crippen molar-refractivity contribution in [3.05, 3.63) is 66.2 Å². The lowest BCUT2D eigenvalue weighted by Crippen LogP contribution is -2.56. The molecule has 1 unspecified atom stereocenters. The molecule has 1 aliphatic rings. The Morgan fingerprint density at radius 2 is 1.32 bits per heavy atom. The van der Waals surface area contributed by atoms with Gasteiger partial charge in [-0.05, 0) is 24.6 Å². The van der Waals surface area contributed by atoms with Gasteiger partial charge in [0, 0.05) is 45.0 Å². The summed E-state index contributed by atoms with van der Waals surface area (Å²) in [6.45, 7) is 3.93. The first-order valence-electron chi connectivity index (χ1n) is 11.4. The average Bonchev–Trinajstić information content (AvgIpc) is 2.90. The van der Waals surface area contributed by atoms with Crippen LogP contribution in [0.5, 0.6) is 0 Å². The van der Waals surface area contributed by atoms with Gasteiger partial charge in [-0.15, -0.1) is 0 Å². The second-order valence-corrected chi connectivity index (χ2v) is 8.25. The van der Waals surface area contributed by atoms with Crippen molar-refractivity contribution in [2.45, 2.75) is 25.0 Å². The normalized spacial score (nSPS) is 16.3. The van der Waals surface area contributed by atoms with Gasteiger partial charge >= 0.3 is 0 Å². The van der Waals surface area contributed by atoms with Crippen LogP contribution in [0.3, 0.4) is 0 Å². The van der Waals surface area contributed by atoms with Crippen LogP contribution in [0.4, 0.5) is 5.69 Å². The molecule has 3 amide bonds. The van der Waals surface area contributed by atoms with Crippen molar-refractivity contribution in [3.8, 4) is 0 Å². The van der Waals surface area contributed by atoms with Crippen molar-refractivity contribution in [2.24, 2.45) is 0 Å². The molecule has 1 fully saturated rings. The zero-order valence-corrected chi connectivity index (χ0v) is 19.3. The van der Waals surface area contributed by atoms with Crippen LogP contribution in [0, 0.1) is 0 Å². The molecular formula is C25H32N4O5. The zero-order chi connectivity index (χ0) is 24.5. The number of aliphatic hydroxyl groups is 2. The van der Waals surface area contributed by atoms with Crippen molar-refractivity contribution < 1.29 is 24.6 Å². The van der Waals surface area contributed by atoms with Crippen molar-refractivity contribution >= 4 is 23.4 Å². The van der Waals surface area contributed by atoms with E-state index in [-0.39, 0.29) is 24.9 Å². The summed E-state index contributed by atoms with van der Waals surface area (Å²) in [5, 5.41) is 25.6. The molecule has 4 N–H and O–H groups in total. The van der Waals surface area contributed by atoms with E-state index in [1.165, 1.54) is 4.90 Å². The molecule has 9 nitrogen and oxygen atoms in total. The lowest BCUT2D eigenvalue weighted by Gasteiger charge is -2.37. The molecule has 3 rings (SSSR count). The van der Waals surface area contributed by atoms with Gasteiger partial charge in [-0.1, -0.05) is 48.5 Å². The molecule has 9 heteroatoms. The molecule has 0 radical (unpaired) electrons. The number of amides is 3. The van der Waals surface area contributed by atoms with E-state index in [0.717, 1.165) is 11.3 Å². The third-order valence-corrected chi connectivity index (χ3v) is 5.95. The Balaban J connectivity index is 1.38. The lowest BCUT2D eigenvalue weighted by molar-refractivity contribution is -0.153. The Bertz CT molecular complexity index is 948. The van der Waals surface area contributed by atoms with Gasteiger partial charge in [0.2, 0.25) is 5.91 Å².